The highest BCUT2D eigenvalue weighted by Gasteiger charge is 2.47. The Morgan fingerprint density at radius 1 is 1.14 bits per heavy atom. The van der Waals surface area contributed by atoms with Gasteiger partial charge < -0.3 is 15.5 Å². The van der Waals surface area contributed by atoms with Gasteiger partial charge in [0.05, 0.1) is 23.9 Å². The maximum Gasteiger partial charge on any atom is 0.322 e. The van der Waals surface area contributed by atoms with Crippen LogP contribution in [0.5, 0.6) is 0 Å². The number of nitrogens with zero attached hydrogens (tertiary/aromatic N) is 2. The zero-order valence-electron chi connectivity index (χ0n) is 19.9. The first-order chi connectivity index (χ1) is 17.0. The van der Waals surface area contributed by atoms with Gasteiger partial charge in [-0.1, -0.05) is 66.2 Å². The van der Waals surface area contributed by atoms with Crippen molar-refractivity contribution in [3.05, 3.63) is 95.2 Å². The Balaban J connectivity index is 1.51. The largest absolute Gasteiger partial charge is 0.352 e. The van der Waals surface area contributed by atoms with Gasteiger partial charge >= 0.3 is 6.03 Å². The van der Waals surface area contributed by atoms with Crippen molar-refractivity contribution in [3.8, 4) is 0 Å². The van der Waals surface area contributed by atoms with E-state index in [1.807, 2.05) is 61.5 Å². The number of nitrogens with one attached hydrogen (secondary N) is 2. The summed E-state index contributed by atoms with van der Waals surface area (Å²) in [7, 11) is 0. The van der Waals surface area contributed by atoms with Crippen molar-refractivity contribution < 1.29 is 14.4 Å². The highest BCUT2D eigenvalue weighted by Crippen LogP contribution is 2.37. The van der Waals surface area contributed by atoms with Gasteiger partial charge in [-0.15, -0.1) is 6.58 Å². The predicted molar refractivity (Wildman–Crippen MR) is 133 cm³/mol. The summed E-state index contributed by atoms with van der Waals surface area (Å²) in [6, 6.07) is 16.2. The average molecular weight is 471 g/mol. The van der Waals surface area contributed by atoms with Crippen LogP contribution in [-0.4, -0.2) is 52.8 Å². The molecule has 2 aliphatic heterocycles. The van der Waals surface area contributed by atoms with Crippen molar-refractivity contribution in [1.82, 2.24) is 20.4 Å². The lowest BCUT2D eigenvalue weighted by molar-refractivity contribution is -0.136. The smallest absolute Gasteiger partial charge is 0.322 e. The molecule has 1 aliphatic carbocycles. The van der Waals surface area contributed by atoms with Gasteiger partial charge in [0.15, 0.2) is 0 Å². The summed E-state index contributed by atoms with van der Waals surface area (Å²) in [6.45, 7) is 6.26. The lowest BCUT2D eigenvalue weighted by atomic mass is 9.94. The third-order valence-corrected chi connectivity index (χ3v) is 6.85. The Labute approximate surface area is 205 Å². The van der Waals surface area contributed by atoms with Gasteiger partial charge in [0.2, 0.25) is 5.91 Å². The molecule has 0 radical (unpaired) electrons. The number of carbonyl (C=O) groups excluding carboxylic acids is 3. The van der Waals surface area contributed by atoms with E-state index in [0.29, 0.717) is 17.7 Å². The van der Waals surface area contributed by atoms with Gasteiger partial charge in [0.25, 0.3) is 5.91 Å². The second-order valence-corrected chi connectivity index (χ2v) is 9.47. The van der Waals surface area contributed by atoms with Crippen LogP contribution in [0.15, 0.2) is 78.5 Å². The lowest BCUT2D eigenvalue weighted by Crippen LogP contribution is -2.50. The highest BCUT2D eigenvalue weighted by atomic mass is 16.2. The molecule has 2 N–H and O–H groups in total. The molecule has 0 aromatic heterocycles. The van der Waals surface area contributed by atoms with Gasteiger partial charge in [-0.3, -0.25) is 14.5 Å². The first kappa shape index (κ1) is 22.9. The van der Waals surface area contributed by atoms with Gasteiger partial charge in [0, 0.05) is 19.0 Å². The second-order valence-electron chi connectivity index (χ2n) is 9.47. The van der Waals surface area contributed by atoms with Crippen LogP contribution in [0, 0.1) is 6.92 Å². The van der Waals surface area contributed by atoms with E-state index in [2.05, 4.69) is 17.2 Å². The minimum Gasteiger partial charge on any atom is -0.352 e. The van der Waals surface area contributed by atoms with Crippen molar-refractivity contribution >= 4 is 17.8 Å². The molecule has 0 bridgehead atoms. The molecular weight excluding hydrogens is 440 g/mol. The fourth-order valence-electron chi connectivity index (χ4n) is 4.80. The third kappa shape index (κ3) is 4.58. The molecule has 180 valence electrons. The zero-order chi connectivity index (χ0) is 24.5. The fourth-order valence-corrected chi connectivity index (χ4v) is 4.80. The van der Waals surface area contributed by atoms with Gasteiger partial charge in [0.1, 0.15) is 6.04 Å². The number of hydrogen-bond donors (Lipinski definition) is 2. The Kier molecular flexibility index (Phi) is 6.16. The van der Waals surface area contributed by atoms with E-state index in [1.54, 1.807) is 15.9 Å². The number of aryl methyl sites for hydroxylation is 1. The monoisotopic (exact) mass is 470 g/mol. The Morgan fingerprint density at radius 2 is 1.86 bits per heavy atom. The number of carbonyl (C=O) groups is 3. The second kappa shape index (κ2) is 9.41. The summed E-state index contributed by atoms with van der Waals surface area (Å²) >= 11 is 0. The molecular formula is C28H30N4O3. The summed E-state index contributed by atoms with van der Waals surface area (Å²) < 4.78 is 0. The van der Waals surface area contributed by atoms with Crippen LogP contribution < -0.4 is 10.6 Å². The van der Waals surface area contributed by atoms with E-state index in [4.69, 9.17) is 0 Å². The summed E-state index contributed by atoms with van der Waals surface area (Å²) in [5.41, 5.74) is 4.08. The number of amides is 4. The first-order valence-corrected chi connectivity index (χ1v) is 12.1. The molecule has 1 fully saturated rings. The SMILES string of the molecule is C=CCN1C(=O)N[C@@H](c2ccc(C)cc2)C2=C1CN([C@H](Cc1ccccc1)C(=O)NC1CC1)C2=O. The van der Waals surface area contributed by atoms with Crippen molar-refractivity contribution in [2.24, 2.45) is 0 Å². The van der Waals surface area contributed by atoms with E-state index in [9.17, 15) is 14.4 Å². The topological polar surface area (TPSA) is 81.8 Å². The Morgan fingerprint density at radius 3 is 2.51 bits per heavy atom. The predicted octanol–water partition coefficient (Wildman–Crippen LogP) is 3.23. The van der Waals surface area contributed by atoms with Gasteiger partial charge in [-0.25, -0.2) is 4.79 Å². The molecule has 2 heterocycles. The van der Waals surface area contributed by atoms with Crippen molar-refractivity contribution in [3.63, 3.8) is 0 Å². The highest BCUT2D eigenvalue weighted by molar-refractivity contribution is 6.03. The van der Waals surface area contributed by atoms with Crippen LogP contribution >= 0.6 is 0 Å². The molecule has 7 heteroatoms. The van der Waals surface area contributed by atoms with Crippen LogP contribution in [0.25, 0.3) is 0 Å². The minimum atomic E-state index is -0.671. The molecule has 2 aromatic carbocycles. The van der Waals surface area contributed by atoms with E-state index in [1.165, 1.54) is 0 Å². The van der Waals surface area contributed by atoms with E-state index in [-0.39, 0.29) is 37.0 Å². The number of hydrogen-bond acceptors (Lipinski definition) is 3. The average Bonchev–Trinajstić information content (AvgIpc) is 3.61. The number of benzene rings is 2. The fraction of sp³-hybridized carbons (Fsp3) is 0.321. The molecule has 7 nitrogen and oxygen atoms in total. The molecule has 2 atom stereocenters. The Hall–Kier alpha value is -3.87. The molecule has 0 spiro atoms. The molecule has 5 rings (SSSR count). The maximum absolute atomic E-state index is 14.0. The summed E-state index contributed by atoms with van der Waals surface area (Å²) in [6.07, 6.45) is 3.98. The van der Waals surface area contributed by atoms with Crippen LogP contribution in [-0.2, 0) is 16.0 Å². The lowest BCUT2D eigenvalue weighted by Gasteiger charge is -2.33. The van der Waals surface area contributed by atoms with Crippen LogP contribution in [0.1, 0.15) is 35.6 Å². The molecule has 4 amide bonds. The number of rotatable bonds is 8. The molecule has 2 aromatic rings. The quantitative estimate of drug-likeness (QED) is 0.581. The van der Waals surface area contributed by atoms with Crippen molar-refractivity contribution in [1.29, 1.82) is 0 Å². The standard InChI is InChI=1S/C28H30N4O3/c1-3-15-31-23-17-32(22(26(33)29-21-13-14-21)16-19-7-5-4-6-8-19)27(34)24(23)25(30-28(31)35)20-11-9-18(2)10-12-20/h3-12,21-22,25H,1,13-17H2,2H3,(H,29,33)(H,30,35)/t22-,25+/m1/s1. The molecule has 0 saturated heterocycles. The summed E-state index contributed by atoms with van der Waals surface area (Å²) in [5, 5.41) is 6.09. The summed E-state index contributed by atoms with van der Waals surface area (Å²) in [4.78, 5) is 43.6. The molecule has 35 heavy (non-hydrogen) atoms. The minimum absolute atomic E-state index is 0.147. The molecule has 0 unspecified atom stereocenters. The normalized spacial score (nSPS) is 20.4. The number of urea groups is 1. The van der Waals surface area contributed by atoms with Crippen molar-refractivity contribution in [2.75, 3.05) is 13.1 Å². The molecule has 3 aliphatic rings. The van der Waals surface area contributed by atoms with Crippen LogP contribution in [0.3, 0.4) is 0 Å². The van der Waals surface area contributed by atoms with Crippen LogP contribution in [0.4, 0.5) is 4.79 Å². The summed E-state index contributed by atoms with van der Waals surface area (Å²) in [5.74, 6) is -0.363. The molecule has 1 saturated carbocycles. The third-order valence-electron chi connectivity index (χ3n) is 6.85. The Bertz CT molecular complexity index is 1180. The van der Waals surface area contributed by atoms with Crippen LogP contribution in [0.2, 0.25) is 0 Å². The van der Waals surface area contributed by atoms with E-state index >= 15 is 0 Å². The maximum atomic E-state index is 14.0. The van der Waals surface area contributed by atoms with E-state index < -0.39 is 12.1 Å². The van der Waals surface area contributed by atoms with Crippen molar-refractivity contribution in [2.45, 2.75) is 44.3 Å². The zero-order valence-corrected chi connectivity index (χ0v) is 19.9. The van der Waals surface area contributed by atoms with E-state index in [0.717, 1.165) is 29.5 Å². The van der Waals surface area contributed by atoms with Gasteiger partial charge in [-0.05, 0) is 30.9 Å². The first-order valence-electron chi connectivity index (χ1n) is 12.1. The van der Waals surface area contributed by atoms with Gasteiger partial charge in [-0.2, -0.15) is 0 Å².